The lowest BCUT2D eigenvalue weighted by Gasteiger charge is -2.13. The van der Waals surface area contributed by atoms with Crippen molar-refractivity contribution in [3.05, 3.63) is 35.4 Å². The van der Waals surface area contributed by atoms with E-state index in [2.05, 4.69) is 12.2 Å². The summed E-state index contributed by atoms with van der Waals surface area (Å²) in [6.45, 7) is 2.20. The molecule has 7 nitrogen and oxygen atoms in total. The maximum absolute atomic E-state index is 12.1. The van der Waals surface area contributed by atoms with Crippen molar-refractivity contribution in [2.75, 3.05) is 19.7 Å². The van der Waals surface area contributed by atoms with Crippen LogP contribution in [0.3, 0.4) is 0 Å². The number of carbonyl (C=O) groups excluding carboxylic acids is 4. The van der Waals surface area contributed by atoms with Crippen LogP contribution in [0.4, 0.5) is 0 Å². The summed E-state index contributed by atoms with van der Waals surface area (Å²) in [6.07, 6.45) is 2.83. The number of esters is 1. The molecule has 1 aliphatic heterocycles. The first kappa shape index (κ1) is 18.6. The Morgan fingerprint density at radius 2 is 1.72 bits per heavy atom. The number of nitrogens with zero attached hydrogens (tertiary/aromatic N) is 1. The normalized spacial score (nSPS) is 12.9. The minimum atomic E-state index is -0.625. The van der Waals surface area contributed by atoms with Gasteiger partial charge in [-0.1, -0.05) is 31.9 Å². The molecule has 3 amide bonds. The number of amides is 3. The van der Waals surface area contributed by atoms with Crippen molar-refractivity contribution in [3.8, 4) is 0 Å². The van der Waals surface area contributed by atoms with Gasteiger partial charge in [-0.15, -0.1) is 0 Å². The Labute approximate surface area is 146 Å². The highest BCUT2D eigenvalue weighted by molar-refractivity contribution is 6.21. The monoisotopic (exact) mass is 346 g/mol. The lowest BCUT2D eigenvalue weighted by atomic mass is 10.1. The molecule has 0 aromatic heterocycles. The standard InChI is InChI=1S/C18H22N2O5/c1-2-3-6-10-19-15(21)12-25-16(22)9-11-20-17(23)13-7-4-5-8-14(13)18(20)24/h4-5,7-8H,2-3,6,9-12H2,1H3,(H,19,21). The zero-order valence-corrected chi connectivity index (χ0v) is 14.2. The number of unbranched alkanes of at least 4 members (excludes halogenated alkanes) is 2. The summed E-state index contributed by atoms with van der Waals surface area (Å²) >= 11 is 0. The van der Waals surface area contributed by atoms with Crippen LogP contribution in [0.2, 0.25) is 0 Å². The number of nitrogens with one attached hydrogen (secondary N) is 1. The average molecular weight is 346 g/mol. The maximum atomic E-state index is 12.1. The van der Waals surface area contributed by atoms with E-state index in [0.717, 1.165) is 24.2 Å². The Morgan fingerprint density at radius 1 is 1.08 bits per heavy atom. The third-order valence-electron chi connectivity index (χ3n) is 3.88. The molecule has 0 aliphatic carbocycles. The molecule has 25 heavy (non-hydrogen) atoms. The average Bonchev–Trinajstić information content (AvgIpc) is 2.86. The Kier molecular flexibility index (Phi) is 6.68. The fourth-order valence-corrected chi connectivity index (χ4v) is 2.52. The summed E-state index contributed by atoms with van der Waals surface area (Å²) in [5.41, 5.74) is 0.680. The first-order chi connectivity index (χ1) is 12.0. The SMILES string of the molecule is CCCCCNC(=O)COC(=O)CCN1C(=O)c2ccccc2C1=O. The second kappa shape index (κ2) is 8.96. The fraction of sp³-hybridized carbons (Fsp3) is 0.444. The highest BCUT2D eigenvalue weighted by Gasteiger charge is 2.35. The smallest absolute Gasteiger partial charge is 0.308 e. The molecule has 0 unspecified atom stereocenters. The number of fused-ring (bicyclic) bond motifs is 1. The third-order valence-corrected chi connectivity index (χ3v) is 3.88. The molecule has 0 saturated heterocycles. The van der Waals surface area contributed by atoms with Crippen molar-refractivity contribution in [1.82, 2.24) is 10.2 Å². The van der Waals surface area contributed by atoms with Crippen molar-refractivity contribution >= 4 is 23.7 Å². The van der Waals surface area contributed by atoms with Crippen molar-refractivity contribution in [2.24, 2.45) is 0 Å². The molecule has 7 heteroatoms. The van der Waals surface area contributed by atoms with Gasteiger partial charge in [-0.3, -0.25) is 24.1 Å². The van der Waals surface area contributed by atoms with E-state index < -0.39 is 17.8 Å². The summed E-state index contributed by atoms with van der Waals surface area (Å²) in [5.74, 6) is -1.81. The van der Waals surface area contributed by atoms with E-state index in [0.29, 0.717) is 17.7 Å². The Hall–Kier alpha value is -2.70. The van der Waals surface area contributed by atoms with Crippen LogP contribution >= 0.6 is 0 Å². The van der Waals surface area contributed by atoms with Crippen LogP contribution in [0.25, 0.3) is 0 Å². The largest absolute Gasteiger partial charge is 0.456 e. The van der Waals surface area contributed by atoms with Crippen LogP contribution in [-0.4, -0.2) is 48.3 Å². The highest BCUT2D eigenvalue weighted by atomic mass is 16.5. The first-order valence-electron chi connectivity index (χ1n) is 8.42. The van der Waals surface area contributed by atoms with Gasteiger partial charge in [0.15, 0.2) is 6.61 Å². The Balaban J connectivity index is 1.71. The number of carbonyl (C=O) groups is 4. The third kappa shape index (κ3) is 4.89. The van der Waals surface area contributed by atoms with Crippen LogP contribution in [0.15, 0.2) is 24.3 Å². The van der Waals surface area contributed by atoms with Gasteiger partial charge in [0.2, 0.25) is 0 Å². The summed E-state index contributed by atoms with van der Waals surface area (Å²) in [4.78, 5) is 48.5. The molecule has 1 aromatic rings. The lowest BCUT2D eigenvalue weighted by Crippen LogP contribution is -2.33. The summed E-state index contributed by atoms with van der Waals surface area (Å²) in [6, 6.07) is 6.52. The molecule has 2 rings (SSSR count). The highest BCUT2D eigenvalue weighted by Crippen LogP contribution is 2.22. The van der Waals surface area contributed by atoms with E-state index in [1.807, 2.05) is 0 Å². The van der Waals surface area contributed by atoms with Crippen molar-refractivity contribution in [1.29, 1.82) is 0 Å². The van der Waals surface area contributed by atoms with Crippen LogP contribution in [0.1, 0.15) is 53.3 Å². The second-order valence-corrected chi connectivity index (χ2v) is 5.78. The molecule has 0 bridgehead atoms. The van der Waals surface area contributed by atoms with Crippen molar-refractivity contribution < 1.29 is 23.9 Å². The predicted octanol–water partition coefficient (Wildman–Crippen LogP) is 1.52. The van der Waals surface area contributed by atoms with Crippen molar-refractivity contribution in [3.63, 3.8) is 0 Å². The van der Waals surface area contributed by atoms with E-state index in [1.165, 1.54) is 0 Å². The summed E-state index contributed by atoms with van der Waals surface area (Å²) in [5, 5.41) is 2.66. The zero-order valence-electron chi connectivity index (χ0n) is 14.2. The van der Waals surface area contributed by atoms with E-state index in [9.17, 15) is 19.2 Å². The molecule has 1 heterocycles. The minimum Gasteiger partial charge on any atom is -0.456 e. The minimum absolute atomic E-state index is 0.0662. The predicted molar refractivity (Wildman–Crippen MR) is 89.9 cm³/mol. The number of hydrogen-bond donors (Lipinski definition) is 1. The lowest BCUT2D eigenvalue weighted by molar-refractivity contribution is -0.148. The first-order valence-corrected chi connectivity index (χ1v) is 8.42. The van der Waals surface area contributed by atoms with Gasteiger partial charge in [-0.25, -0.2) is 0 Å². The molecule has 1 aromatic carbocycles. The molecular weight excluding hydrogens is 324 g/mol. The van der Waals surface area contributed by atoms with Crippen LogP contribution < -0.4 is 5.32 Å². The molecule has 134 valence electrons. The van der Waals surface area contributed by atoms with E-state index in [4.69, 9.17) is 4.74 Å². The molecule has 1 aliphatic rings. The maximum Gasteiger partial charge on any atom is 0.308 e. The van der Waals surface area contributed by atoms with Gasteiger partial charge < -0.3 is 10.1 Å². The van der Waals surface area contributed by atoms with Crippen LogP contribution in [0, 0.1) is 0 Å². The van der Waals surface area contributed by atoms with Crippen molar-refractivity contribution in [2.45, 2.75) is 32.6 Å². The molecule has 0 saturated carbocycles. The van der Waals surface area contributed by atoms with Gasteiger partial charge in [-0.05, 0) is 18.6 Å². The number of imide groups is 1. The molecule has 0 radical (unpaired) electrons. The molecule has 0 spiro atoms. The van der Waals surface area contributed by atoms with E-state index in [-0.39, 0.29) is 25.5 Å². The summed E-state index contributed by atoms with van der Waals surface area (Å²) in [7, 11) is 0. The molecular formula is C18H22N2O5. The second-order valence-electron chi connectivity index (χ2n) is 5.78. The van der Waals surface area contributed by atoms with Gasteiger partial charge in [0.1, 0.15) is 0 Å². The van der Waals surface area contributed by atoms with E-state index in [1.54, 1.807) is 24.3 Å². The van der Waals surface area contributed by atoms with Gasteiger partial charge >= 0.3 is 5.97 Å². The van der Waals surface area contributed by atoms with Gasteiger partial charge in [0.25, 0.3) is 17.7 Å². The van der Waals surface area contributed by atoms with E-state index >= 15 is 0 Å². The fourth-order valence-electron chi connectivity index (χ4n) is 2.52. The Bertz CT molecular complexity index is 636. The quantitative estimate of drug-likeness (QED) is 0.416. The van der Waals surface area contributed by atoms with Gasteiger partial charge in [0.05, 0.1) is 17.5 Å². The molecule has 0 fully saturated rings. The molecule has 0 atom stereocenters. The topological polar surface area (TPSA) is 92.8 Å². The number of rotatable bonds is 9. The van der Waals surface area contributed by atoms with Crippen LogP contribution in [0.5, 0.6) is 0 Å². The Morgan fingerprint density at radius 3 is 2.32 bits per heavy atom. The van der Waals surface area contributed by atoms with Gasteiger partial charge in [0, 0.05) is 13.1 Å². The molecule has 1 N–H and O–H groups in total. The number of benzene rings is 1. The number of ether oxygens (including phenoxy) is 1. The van der Waals surface area contributed by atoms with Crippen LogP contribution in [-0.2, 0) is 14.3 Å². The van der Waals surface area contributed by atoms with Gasteiger partial charge in [-0.2, -0.15) is 0 Å². The number of hydrogen-bond acceptors (Lipinski definition) is 5. The zero-order chi connectivity index (χ0) is 18.2. The summed E-state index contributed by atoms with van der Waals surface area (Å²) < 4.78 is 4.87.